The van der Waals surface area contributed by atoms with Crippen LogP contribution in [0, 0.1) is 5.92 Å². The molecule has 0 spiro atoms. The van der Waals surface area contributed by atoms with E-state index in [0.717, 1.165) is 30.6 Å². The van der Waals surface area contributed by atoms with Gasteiger partial charge < -0.3 is 10.0 Å². The van der Waals surface area contributed by atoms with Crippen molar-refractivity contribution in [1.29, 1.82) is 0 Å². The molecule has 3 rings (SSSR count). The molecule has 2 nitrogen and oxygen atoms in total. The Bertz CT molecular complexity index is 819. The number of likely N-dealkylation sites (N-methyl/N-ethyl adjacent to an activating group) is 1. The summed E-state index contributed by atoms with van der Waals surface area (Å²) in [6, 6.07) is 31.0. The minimum Gasteiger partial charge on any atom is -0.384 e. The van der Waals surface area contributed by atoms with Gasteiger partial charge in [-0.25, -0.2) is 0 Å². The normalized spacial score (nSPS) is 14.6. The Labute approximate surface area is 169 Å². The van der Waals surface area contributed by atoms with Crippen molar-refractivity contribution in [2.75, 3.05) is 20.1 Å². The van der Waals surface area contributed by atoms with Crippen LogP contribution in [0.5, 0.6) is 0 Å². The van der Waals surface area contributed by atoms with Gasteiger partial charge in [0.15, 0.2) is 0 Å². The molecule has 0 amide bonds. The van der Waals surface area contributed by atoms with Crippen molar-refractivity contribution in [2.24, 2.45) is 5.92 Å². The summed E-state index contributed by atoms with van der Waals surface area (Å²) in [5.41, 5.74) is 2.60. The van der Waals surface area contributed by atoms with Crippen molar-refractivity contribution in [3.05, 3.63) is 108 Å². The van der Waals surface area contributed by atoms with Crippen LogP contribution < -0.4 is 0 Å². The fourth-order valence-electron chi connectivity index (χ4n) is 3.87. The monoisotopic (exact) mass is 373 g/mol. The van der Waals surface area contributed by atoms with Crippen LogP contribution in [0.3, 0.4) is 0 Å². The second-order valence-corrected chi connectivity index (χ2v) is 7.85. The van der Waals surface area contributed by atoms with E-state index >= 15 is 0 Å². The molecule has 3 aromatic rings. The van der Waals surface area contributed by atoms with E-state index in [0.29, 0.717) is 6.42 Å². The van der Waals surface area contributed by atoms with Gasteiger partial charge in [-0.1, -0.05) is 97.9 Å². The average Bonchev–Trinajstić information content (AvgIpc) is 2.74. The molecule has 0 heterocycles. The van der Waals surface area contributed by atoms with Gasteiger partial charge in [0.2, 0.25) is 0 Å². The first kappa shape index (κ1) is 20.3. The molecule has 3 aromatic carbocycles. The molecule has 2 atom stereocenters. The van der Waals surface area contributed by atoms with Crippen molar-refractivity contribution < 1.29 is 5.11 Å². The maximum atomic E-state index is 11.8. The summed E-state index contributed by atoms with van der Waals surface area (Å²) in [6.07, 6.45) is 1.64. The molecule has 0 fully saturated rings. The third-order valence-corrected chi connectivity index (χ3v) is 5.62. The Hall–Kier alpha value is -2.42. The maximum Gasteiger partial charge on any atom is 0.0974 e. The summed E-state index contributed by atoms with van der Waals surface area (Å²) in [7, 11) is 2.15. The second kappa shape index (κ2) is 9.68. The summed E-state index contributed by atoms with van der Waals surface area (Å²) in [5.74, 6) is 0.0934. The number of nitrogens with zero attached hydrogens (tertiary/aromatic N) is 1. The lowest BCUT2D eigenvalue weighted by atomic mass is 9.77. The highest BCUT2D eigenvalue weighted by Gasteiger charge is 2.36. The van der Waals surface area contributed by atoms with Crippen LogP contribution in [-0.2, 0) is 18.4 Å². The van der Waals surface area contributed by atoms with Crippen LogP contribution in [0.15, 0.2) is 91.0 Å². The highest BCUT2D eigenvalue weighted by Crippen LogP contribution is 2.34. The van der Waals surface area contributed by atoms with Gasteiger partial charge in [-0.3, -0.25) is 0 Å². The van der Waals surface area contributed by atoms with Crippen molar-refractivity contribution in [3.8, 4) is 0 Å². The topological polar surface area (TPSA) is 23.5 Å². The number of rotatable bonds is 9. The van der Waals surface area contributed by atoms with Crippen LogP contribution in [0.25, 0.3) is 0 Å². The first-order valence-corrected chi connectivity index (χ1v) is 10.1. The minimum absolute atomic E-state index is 0.0934. The lowest BCUT2D eigenvalue weighted by Gasteiger charge is -2.37. The standard InChI is InChI=1S/C26H31NO/c1-22(21-27(2)19-18-23-12-6-3-7-13-23)26(28,25-16-10-5-11-17-25)20-24-14-8-4-9-15-24/h3-17,22,28H,18-21H2,1-2H3/t22-,26-/m0/s1. The van der Waals surface area contributed by atoms with Gasteiger partial charge in [0, 0.05) is 25.4 Å². The third kappa shape index (κ3) is 5.31. The molecule has 1 N–H and O–H groups in total. The van der Waals surface area contributed by atoms with Crippen LogP contribution in [-0.4, -0.2) is 30.1 Å². The van der Waals surface area contributed by atoms with Gasteiger partial charge in [-0.15, -0.1) is 0 Å². The summed E-state index contributed by atoms with van der Waals surface area (Å²) < 4.78 is 0. The highest BCUT2D eigenvalue weighted by molar-refractivity contribution is 5.28. The van der Waals surface area contributed by atoms with Gasteiger partial charge in [0.1, 0.15) is 0 Å². The van der Waals surface area contributed by atoms with E-state index in [4.69, 9.17) is 0 Å². The van der Waals surface area contributed by atoms with Crippen LogP contribution >= 0.6 is 0 Å². The van der Waals surface area contributed by atoms with E-state index in [2.05, 4.69) is 61.3 Å². The Balaban J connectivity index is 1.72. The Morgan fingerprint density at radius 3 is 1.86 bits per heavy atom. The van der Waals surface area contributed by atoms with Gasteiger partial charge in [-0.05, 0) is 30.2 Å². The molecule has 0 saturated heterocycles. The molecular formula is C26H31NO. The summed E-state index contributed by atoms with van der Waals surface area (Å²) >= 11 is 0. The second-order valence-electron chi connectivity index (χ2n) is 7.85. The van der Waals surface area contributed by atoms with Crippen molar-refractivity contribution >= 4 is 0 Å². The number of benzene rings is 3. The molecular weight excluding hydrogens is 342 g/mol. The van der Waals surface area contributed by atoms with Crippen LogP contribution in [0.1, 0.15) is 23.6 Å². The molecule has 2 heteroatoms. The first-order valence-electron chi connectivity index (χ1n) is 10.1. The smallest absolute Gasteiger partial charge is 0.0974 e. The zero-order chi connectivity index (χ0) is 19.8. The minimum atomic E-state index is -0.899. The van der Waals surface area contributed by atoms with Gasteiger partial charge in [0.05, 0.1) is 5.60 Å². The third-order valence-electron chi connectivity index (χ3n) is 5.62. The molecule has 0 saturated carbocycles. The van der Waals surface area contributed by atoms with Gasteiger partial charge in [0.25, 0.3) is 0 Å². The summed E-state index contributed by atoms with van der Waals surface area (Å²) in [5, 5.41) is 11.8. The largest absolute Gasteiger partial charge is 0.384 e. The SMILES string of the molecule is C[C@@H](CN(C)CCc1ccccc1)[C@@](O)(Cc1ccccc1)c1ccccc1. The van der Waals surface area contributed by atoms with Gasteiger partial charge >= 0.3 is 0 Å². The Morgan fingerprint density at radius 1 is 0.786 bits per heavy atom. The molecule has 28 heavy (non-hydrogen) atoms. The summed E-state index contributed by atoms with van der Waals surface area (Å²) in [6.45, 7) is 3.98. The fourth-order valence-corrected chi connectivity index (χ4v) is 3.87. The zero-order valence-corrected chi connectivity index (χ0v) is 17.0. The predicted octanol–water partition coefficient (Wildman–Crippen LogP) is 4.93. The van der Waals surface area contributed by atoms with E-state index in [1.54, 1.807) is 0 Å². The highest BCUT2D eigenvalue weighted by atomic mass is 16.3. The van der Waals surface area contributed by atoms with Crippen molar-refractivity contribution in [3.63, 3.8) is 0 Å². The number of aliphatic hydroxyl groups is 1. The molecule has 0 aromatic heterocycles. The summed E-state index contributed by atoms with van der Waals surface area (Å²) in [4.78, 5) is 2.33. The van der Waals surface area contributed by atoms with E-state index in [9.17, 15) is 5.11 Å². The average molecular weight is 374 g/mol. The molecule has 146 valence electrons. The van der Waals surface area contributed by atoms with Crippen molar-refractivity contribution in [2.45, 2.75) is 25.4 Å². The molecule has 0 radical (unpaired) electrons. The van der Waals surface area contributed by atoms with Gasteiger partial charge in [-0.2, -0.15) is 0 Å². The lowest BCUT2D eigenvalue weighted by Crippen LogP contribution is -2.42. The van der Waals surface area contributed by atoms with E-state index in [1.165, 1.54) is 5.56 Å². The molecule has 0 aliphatic heterocycles. The van der Waals surface area contributed by atoms with Crippen LogP contribution in [0.2, 0.25) is 0 Å². The molecule has 0 unspecified atom stereocenters. The molecule has 0 bridgehead atoms. The predicted molar refractivity (Wildman–Crippen MR) is 117 cm³/mol. The Morgan fingerprint density at radius 2 is 1.29 bits per heavy atom. The fraction of sp³-hybridized carbons (Fsp3) is 0.308. The maximum absolute atomic E-state index is 11.8. The van der Waals surface area contributed by atoms with Crippen molar-refractivity contribution in [1.82, 2.24) is 4.90 Å². The number of hydrogen-bond donors (Lipinski definition) is 1. The quantitative estimate of drug-likeness (QED) is 0.575. The van der Waals surface area contributed by atoms with E-state index in [-0.39, 0.29) is 5.92 Å². The molecule has 0 aliphatic rings. The van der Waals surface area contributed by atoms with E-state index < -0.39 is 5.60 Å². The molecule has 0 aliphatic carbocycles. The number of hydrogen-bond acceptors (Lipinski definition) is 2. The Kier molecular flexibility index (Phi) is 7.02. The van der Waals surface area contributed by atoms with E-state index in [1.807, 2.05) is 48.5 Å². The lowest BCUT2D eigenvalue weighted by molar-refractivity contribution is -0.0274. The zero-order valence-electron chi connectivity index (χ0n) is 17.0. The first-order chi connectivity index (χ1) is 13.6. The van der Waals surface area contributed by atoms with Crippen LogP contribution in [0.4, 0.5) is 0 Å².